The van der Waals surface area contributed by atoms with E-state index in [-0.39, 0.29) is 0 Å². The van der Waals surface area contributed by atoms with Crippen molar-refractivity contribution in [3.63, 3.8) is 0 Å². The summed E-state index contributed by atoms with van der Waals surface area (Å²) in [7, 11) is 0. The van der Waals surface area contributed by atoms with Crippen LogP contribution in [0.4, 0.5) is 0 Å². The van der Waals surface area contributed by atoms with Crippen LogP contribution in [0, 0.1) is 0 Å². The summed E-state index contributed by atoms with van der Waals surface area (Å²) in [6.45, 7) is 2.59. The van der Waals surface area contributed by atoms with Gasteiger partial charge in [0.2, 0.25) is 0 Å². The molecule has 0 aliphatic carbocycles. The largest absolute Gasteiger partial charge is 0.489 e. The first kappa shape index (κ1) is 13.6. The third-order valence-corrected chi connectivity index (χ3v) is 3.08. The maximum absolute atomic E-state index is 10.1. The Balaban J connectivity index is 2.07. The van der Waals surface area contributed by atoms with Gasteiger partial charge in [0.15, 0.2) is 0 Å². The van der Waals surface area contributed by atoms with Crippen LogP contribution in [-0.4, -0.2) is 5.11 Å². The molecule has 0 aliphatic heterocycles. The Hall–Kier alpha value is -1.80. The summed E-state index contributed by atoms with van der Waals surface area (Å²) < 4.78 is 5.83. The van der Waals surface area contributed by atoms with Gasteiger partial charge in [-0.25, -0.2) is 0 Å². The van der Waals surface area contributed by atoms with Crippen molar-refractivity contribution in [2.75, 3.05) is 0 Å². The van der Waals surface area contributed by atoms with E-state index >= 15 is 0 Å². The molecule has 0 fully saturated rings. The van der Waals surface area contributed by atoms with Gasteiger partial charge in [-0.3, -0.25) is 0 Å². The van der Waals surface area contributed by atoms with Crippen LogP contribution in [0.5, 0.6) is 5.75 Å². The molecule has 100 valence electrons. The second kappa shape index (κ2) is 6.95. The van der Waals surface area contributed by atoms with Gasteiger partial charge in [-0.2, -0.15) is 0 Å². The highest BCUT2D eigenvalue weighted by molar-refractivity contribution is 5.35. The van der Waals surface area contributed by atoms with Crippen LogP contribution in [-0.2, 0) is 6.61 Å². The molecule has 0 saturated heterocycles. The summed E-state index contributed by atoms with van der Waals surface area (Å²) in [6, 6.07) is 17.8. The summed E-state index contributed by atoms with van der Waals surface area (Å²) in [5.74, 6) is 0.771. The standard InChI is InChI=1S/C17H20O2/c1-2-8-16(18)15-11-6-7-12-17(15)19-13-14-9-4-3-5-10-14/h3-7,9-12,16,18H,2,8,13H2,1H3. The van der Waals surface area contributed by atoms with Gasteiger partial charge in [0.1, 0.15) is 12.4 Å². The Morgan fingerprint density at radius 3 is 2.42 bits per heavy atom. The van der Waals surface area contributed by atoms with Crippen LogP contribution in [0.15, 0.2) is 54.6 Å². The van der Waals surface area contributed by atoms with E-state index in [0.717, 1.165) is 29.7 Å². The zero-order valence-electron chi connectivity index (χ0n) is 11.3. The quantitative estimate of drug-likeness (QED) is 0.843. The molecular formula is C17H20O2. The molecule has 0 saturated carbocycles. The van der Waals surface area contributed by atoms with Crippen LogP contribution in [0.2, 0.25) is 0 Å². The van der Waals surface area contributed by atoms with Crippen LogP contribution < -0.4 is 4.74 Å². The van der Waals surface area contributed by atoms with E-state index in [1.807, 2.05) is 54.6 Å². The monoisotopic (exact) mass is 256 g/mol. The highest BCUT2D eigenvalue weighted by Gasteiger charge is 2.12. The van der Waals surface area contributed by atoms with Gasteiger partial charge in [-0.05, 0) is 18.1 Å². The highest BCUT2D eigenvalue weighted by Crippen LogP contribution is 2.28. The number of hydrogen-bond donors (Lipinski definition) is 1. The number of aliphatic hydroxyl groups is 1. The van der Waals surface area contributed by atoms with Gasteiger partial charge in [0.05, 0.1) is 6.10 Å². The van der Waals surface area contributed by atoms with Crippen LogP contribution in [0.3, 0.4) is 0 Å². The molecule has 0 aromatic heterocycles. The molecule has 2 nitrogen and oxygen atoms in total. The maximum Gasteiger partial charge on any atom is 0.125 e. The second-order valence-electron chi connectivity index (χ2n) is 4.62. The molecule has 2 heteroatoms. The topological polar surface area (TPSA) is 29.5 Å². The minimum Gasteiger partial charge on any atom is -0.489 e. The minimum absolute atomic E-state index is 0.447. The summed E-state index contributed by atoms with van der Waals surface area (Å²) in [6.07, 6.45) is 1.26. The third-order valence-electron chi connectivity index (χ3n) is 3.08. The van der Waals surface area contributed by atoms with E-state index < -0.39 is 6.10 Å². The first-order valence-electron chi connectivity index (χ1n) is 6.75. The number of ether oxygens (including phenoxy) is 1. The zero-order chi connectivity index (χ0) is 13.5. The van der Waals surface area contributed by atoms with Crippen molar-refractivity contribution in [1.82, 2.24) is 0 Å². The van der Waals surface area contributed by atoms with E-state index in [0.29, 0.717) is 6.61 Å². The van der Waals surface area contributed by atoms with Gasteiger partial charge in [0.25, 0.3) is 0 Å². The van der Waals surface area contributed by atoms with Crippen molar-refractivity contribution in [3.8, 4) is 5.75 Å². The third kappa shape index (κ3) is 3.83. The van der Waals surface area contributed by atoms with Crippen LogP contribution in [0.1, 0.15) is 37.0 Å². The van der Waals surface area contributed by atoms with Gasteiger partial charge in [-0.15, -0.1) is 0 Å². The van der Waals surface area contributed by atoms with Crippen LogP contribution in [0.25, 0.3) is 0 Å². The fraction of sp³-hybridized carbons (Fsp3) is 0.294. The molecule has 2 rings (SSSR count). The SMILES string of the molecule is CCCC(O)c1ccccc1OCc1ccccc1. The molecule has 0 aliphatic rings. The van der Waals surface area contributed by atoms with Crippen molar-refractivity contribution in [1.29, 1.82) is 0 Å². The van der Waals surface area contributed by atoms with Crippen LogP contribution >= 0.6 is 0 Å². The van der Waals surface area contributed by atoms with E-state index in [2.05, 4.69) is 6.92 Å². The van der Waals surface area contributed by atoms with Crippen molar-refractivity contribution in [3.05, 3.63) is 65.7 Å². The fourth-order valence-corrected chi connectivity index (χ4v) is 2.05. The highest BCUT2D eigenvalue weighted by atomic mass is 16.5. The predicted molar refractivity (Wildman–Crippen MR) is 77.1 cm³/mol. The Labute approximate surface area is 114 Å². The van der Waals surface area contributed by atoms with E-state index in [1.165, 1.54) is 0 Å². The minimum atomic E-state index is -0.447. The first-order valence-corrected chi connectivity index (χ1v) is 6.75. The first-order chi connectivity index (χ1) is 9.31. The maximum atomic E-state index is 10.1. The molecule has 1 atom stereocenters. The lowest BCUT2D eigenvalue weighted by Crippen LogP contribution is -2.02. The van der Waals surface area contributed by atoms with Crippen molar-refractivity contribution >= 4 is 0 Å². The second-order valence-corrected chi connectivity index (χ2v) is 4.62. The number of rotatable bonds is 6. The fourth-order valence-electron chi connectivity index (χ4n) is 2.05. The predicted octanol–water partition coefficient (Wildman–Crippen LogP) is 4.10. The molecule has 1 N–H and O–H groups in total. The molecule has 0 heterocycles. The summed E-state index contributed by atoms with van der Waals surface area (Å²) in [4.78, 5) is 0. The lowest BCUT2D eigenvalue weighted by Gasteiger charge is -2.15. The van der Waals surface area contributed by atoms with Crippen molar-refractivity contribution in [2.24, 2.45) is 0 Å². The summed E-state index contributed by atoms with van der Waals surface area (Å²) in [5, 5.41) is 10.1. The number of benzene rings is 2. The number of para-hydroxylation sites is 1. The number of aliphatic hydroxyl groups excluding tert-OH is 1. The molecular weight excluding hydrogens is 236 g/mol. The number of hydrogen-bond acceptors (Lipinski definition) is 2. The zero-order valence-corrected chi connectivity index (χ0v) is 11.3. The van der Waals surface area contributed by atoms with Crippen molar-refractivity contribution < 1.29 is 9.84 Å². The lowest BCUT2D eigenvalue weighted by atomic mass is 10.0. The molecule has 2 aromatic carbocycles. The Morgan fingerprint density at radius 2 is 1.68 bits per heavy atom. The van der Waals surface area contributed by atoms with Crippen molar-refractivity contribution in [2.45, 2.75) is 32.5 Å². The van der Waals surface area contributed by atoms with E-state index in [4.69, 9.17) is 4.74 Å². The molecule has 0 spiro atoms. The summed E-state index contributed by atoms with van der Waals surface area (Å²) in [5.41, 5.74) is 2.00. The molecule has 1 unspecified atom stereocenters. The molecule has 19 heavy (non-hydrogen) atoms. The van der Waals surface area contributed by atoms with Gasteiger partial charge >= 0.3 is 0 Å². The lowest BCUT2D eigenvalue weighted by molar-refractivity contribution is 0.159. The normalized spacial score (nSPS) is 12.1. The van der Waals surface area contributed by atoms with Gasteiger partial charge in [0, 0.05) is 5.56 Å². The molecule has 0 radical (unpaired) electrons. The van der Waals surface area contributed by atoms with E-state index in [1.54, 1.807) is 0 Å². The van der Waals surface area contributed by atoms with Gasteiger partial charge < -0.3 is 9.84 Å². The smallest absolute Gasteiger partial charge is 0.125 e. The summed E-state index contributed by atoms with van der Waals surface area (Å²) >= 11 is 0. The molecule has 2 aromatic rings. The van der Waals surface area contributed by atoms with Gasteiger partial charge in [-0.1, -0.05) is 61.9 Å². The molecule has 0 bridgehead atoms. The molecule has 0 amide bonds. The average Bonchev–Trinajstić information content (AvgIpc) is 2.47. The van der Waals surface area contributed by atoms with E-state index in [9.17, 15) is 5.11 Å². The average molecular weight is 256 g/mol. The Morgan fingerprint density at radius 1 is 1.00 bits per heavy atom. The Kier molecular flexibility index (Phi) is 4.99. The Bertz CT molecular complexity index is 494.